The van der Waals surface area contributed by atoms with Crippen LogP contribution in [0.4, 0.5) is 11.4 Å². The molecule has 3 rings (SSSR count). The molecule has 8 heteroatoms. The second kappa shape index (κ2) is 10.1. The molecule has 2 aromatic carbocycles. The minimum Gasteiger partial charge on any atom is -0.484 e. The van der Waals surface area contributed by atoms with Gasteiger partial charge >= 0.3 is 0 Å². The van der Waals surface area contributed by atoms with E-state index in [9.17, 15) is 14.9 Å². The lowest BCUT2D eigenvalue weighted by atomic mass is 10.1. The van der Waals surface area contributed by atoms with Crippen molar-refractivity contribution in [2.24, 2.45) is 0 Å². The summed E-state index contributed by atoms with van der Waals surface area (Å²) in [6.07, 6.45) is 1.98. The van der Waals surface area contributed by atoms with Gasteiger partial charge in [0.05, 0.1) is 11.0 Å². The van der Waals surface area contributed by atoms with Crippen LogP contribution in [-0.4, -0.2) is 55.7 Å². The number of hydrogen-bond acceptors (Lipinski definition) is 6. The Morgan fingerprint density at radius 3 is 2.43 bits per heavy atom. The number of carbonyl (C=O) groups is 1. The number of nitro benzene ring substituents is 1. The van der Waals surface area contributed by atoms with E-state index >= 15 is 0 Å². The molecule has 1 aliphatic rings. The van der Waals surface area contributed by atoms with E-state index in [0.717, 1.165) is 30.7 Å². The Morgan fingerprint density at radius 1 is 1.17 bits per heavy atom. The fourth-order valence-corrected chi connectivity index (χ4v) is 3.31. The van der Waals surface area contributed by atoms with Gasteiger partial charge in [-0.15, -0.1) is 0 Å². The van der Waals surface area contributed by atoms with Crippen LogP contribution in [0.15, 0.2) is 48.5 Å². The van der Waals surface area contributed by atoms with E-state index in [1.165, 1.54) is 24.3 Å². The van der Waals surface area contributed by atoms with Crippen LogP contribution in [0.5, 0.6) is 5.75 Å². The van der Waals surface area contributed by atoms with Crippen LogP contribution in [0.2, 0.25) is 0 Å². The molecule has 1 saturated heterocycles. The summed E-state index contributed by atoms with van der Waals surface area (Å²) < 4.78 is 11.3. The first-order valence-electron chi connectivity index (χ1n) is 9.95. The first-order valence-corrected chi connectivity index (χ1v) is 9.95. The van der Waals surface area contributed by atoms with Crippen molar-refractivity contribution < 1.29 is 19.2 Å². The summed E-state index contributed by atoms with van der Waals surface area (Å²) in [5.74, 6) is 0.266. The summed E-state index contributed by atoms with van der Waals surface area (Å²) in [5.41, 5.74) is 2.11. The lowest BCUT2D eigenvalue weighted by molar-refractivity contribution is -0.384. The topological polar surface area (TPSA) is 85.2 Å². The number of nitrogens with zero attached hydrogens (tertiary/aromatic N) is 3. The highest BCUT2D eigenvalue weighted by Crippen LogP contribution is 2.19. The van der Waals surface area contributed by atoms with Gasteiger partial charge < -0.3 is 19.3 Å². The Labute approximate surface area is 176 Å². The summed E-state index contributed by atoms with van der Waals surface area (Å²) in [7, 11) is 3.97. The maximum atomic E-state index is 12.9. The number of non-ortho nitro benzene ring substituents is 1. The number of nitro groups is 1. The quantitative estimate of drug-likeness (QED) is 0.463. The molecule has 0 radical (unpaired) electrons. The van der Waals surface area contributed by atoms with Crippen LogP contribution in [0, 0.1) is 10.1 Å². The van der Waals surface area contributed by atoms with E-state index in [-0.39, 0.29) is 24.3 Å². The highest BCUT2D eigenvalue weighted by molar-refractivity contribution is 5.77. The Hall–Kier alpha value is -3.13. The van der Waals surface area contributed by atoms with E-state index in [1.54, 1.807) is 4.90 Å². The molecule has 0 saturated carbocycles. The maximum absolute atomic E-state index is 12.9. The van der Waals surface area contributed by atoms with Gasteiger partial charge in [-0.3, -0.25) is 14.9 Å². The molecular formula is C22H27N3O5. The van der Waals surface area contributed by atoms with Crippen molar-refractivity contribution in [3.8, 4) is 5.75 Å². The lowest BCUT2D eigenvalue weighted by Gasteiger charge is -2.26. The molecule has 0 aliphatic carbocycles. The van der Waals surface area contributed by atoms with E-state index in [0.29, 0.717) is 18.8 Å². The predicted octanol–water partition coefficient (Wildman–Crippen LogP) is 3.25. The van der Waals surface area contributed by atoms with E-state index in [1.807, 2.05) is 43.3 Å². The fourth-order valence-electron chi connectivity index (χ4n) is 3.31. The lowest BCUT2D eigenvalue weighted by Crippen LogP contribution is -2.39. The van der Waals surface area contributed by atoms with Crippen molar-refractivity contribution in [1.29, 1.82) is 0 Å². The highest BCUT2D eigenvalue weighted by atomic mass is 16.6. The summed E-state index contributed by atoms with van der Waals surface area (Å²) in [6.45, 7) is 1.57. The molecule has 0 aromatic heterocycles. The average molecular weight is 413 g/mol. The van der Waals surface area contributed by atoms with Gasteiger partial charge in [-0.05, 0) is 42.7 Å². The van der Waals surface area contributed by atoms with E-state index in [4.69, 9.17) is 9.47 Å². The fraction of sp³-hybridized carbons (Fsp3) is 0.409. The number of amides is 1. The Morgan fingerprint density at radius 2 is 1.87 bits per heavy atom. The third-order valence-electron chi connectivity index (χ3n) is 5.04. The molecule has 0 unspecified atom stereocenters. The summed E-state index contributed by atoms with van der Waals surface area (Å²) in [6, 6.07) is 13.8. The molecule has 1 atom stereocenters. The van der Waals surface area contributed by atoms with Crippen LogP contribution in [-0.2, 0) is 16.1 Å². The van der Waals surface area contributed by atoms with Crippen molar-refractivity contribution in [2.75, 3.05) is 38.8 Å². The van der Waals surface area contributed by atoms with Gasteiger partial charge in [0.1, 0.15) is 5.75 Å². The first kappa shape index (κ1) is 21.6. The summed E-state index contributed by atoms with van der Waals surface area (Å²) in [4.78, 5) is 27.0. The van der Waals surface area contributed by atoms with Gasteiger partial charge in [-0.1, -0.05) is 12.1 Å². The third kappa shape index (κ3) is 5.93. The smallest absolute Gasteiger partial charge is 0.269 e. The SMILES string of the molecule is CN(C)c1ccc(CN(C[C@H]2CCCO2)C(=O)COc2ccc([N+](=O)[O-])cc2)cc1. The summed E-state index contributed by atoms with van der Waals surface area (Å²) in [5, 5.41) is 10.8. The minimum atomic E-state index is -0.472. The van der Waals surface area contributed by atoms with Crippen LogP contribution >= 0.6 is 0 Å². The van der Waals surface area contributed by atoms with Gasteiger partial charge in [-0.2, -0.15) is 0 Å². The van der Waals surface area contributed by atoms with E-state index < -0.39 is 4.92 Å². The Balaban J connectivity index is 1.64. The highest BCUT2D eigenvalue weighted by Gasteiger charge is 2.23. The third-order valence-corrected chi connectivity index (χ3v) is 5.04. The van der Waals surface area contributed by atoms with Gasteiger partial charge in [0.25, 0.3) is 11.6 Å². The Kier molecular flexibility index (Phi) is 7.24. The standard InChI is InChI=1S/C22H27N3O5/c1-23(2)18-7-5-17(6-8-18)14-24(15-21-4-3-13-29-21)22(26)16-30-20-11-9-19(10-12-20)25(27)28/h5-12,21H,3-4,13-16H2,1-2H3/t21-/m1/s1. The molecule has 2 aromatic rings. The number of hydrogen-bond donors (Lipinski definition) is 0. The molecule has 1 aliphatic heterocycles. The van der Waals surface area contributed by atoms with Crippen molar-refractivity contribution in [3.63, 3.8) is 0 Å². The van der Waals surface area contributed by atoms with Crippen LogP contribution < -0.4 is 9.64 Å². The zero-order valence-electron chi connectivity index (χ0n) is 17.3. The second-order valence-corrected chi connectivity index (χ2v) is 7.51. The van der Waals surface area contributed by atoms with Crippen molar-refractivity contribution >= 4 is 17.3 Å². The van der Waals surface area contributed by atoms with Crippen molar-refractivity contribution in [3.05, 3.63) is 64.2 Å². The van der Waals surface area contributed by atoms with Gasteiger partial charge in [0.15, 0.2) is 6.61 Å². The molecule has 1 amide bonds. The molecule has 30 heavy (non-hydrogen) atoms. The van der Waals surface area contributed by atoms with Crippen LogP contribution in [0.3, 0.4) is 0 Å². The monoisotopic (exact) mass is 413 g/mol. The molecule has 8 nitrogen and oxygen atoms in total. The van der Waals surface area contributed by atoms with Crippen molar-refractivity contribution in [2.45, 2.75) is 25.5 Å². The van der Waals surface area contributed by atoms with Gasteiger partial charge in [-0.25, -0.2) is 0 Å². The average Bonchev–Trinajstić information content (AvgIpc) is 3.25. The molecule has 1 fully saturated rings. The molecule has 1 heterocycles. The van der Waals surface area contributed by atoms with Crippen LogP contribution in [0.1, 0.15) is 18.4 Å². The molecule has 0 bridgehead atoms. The van der Waals surface area contributed by atoms with Crippen molar-refractivity contribution in [1.82, 2.24) is 4.90 Å². The normalized spacial score (nSPS) is 15.6. The largest absolute Gasteiger partial charge is 0.484 e. The zero-order chi connectivity index (χ0) is 21.5. The number of ether oxygens (including phenoxy) is 2. The minimum absolute atomic E-state index is 0.0187. The number of carbonyl (C=O) groups excluding carboxylic acids is 1. The number of rotatable bonds is 9. The maximum Gasteiger partial charge on any atom is 0.269 e. The number of anilines is 1. The van der Waals surface area contributed by atoms with Gasteiger partial charge in [0.2, 0.25) is 0 Å². The molecule has 0 spiro atoms. The second-order valence-electron chi connectivity index (χ2n) is 7.51. The predicted molar refractivity (Wildman–Crippen MR) is 114 cm³/mol. The molecule has 160 valence electrons. The molecule has 0 N–H and O–H groups in total. The van der Waals surface area contributed by atoms with E-state index in [2.05, 4.69) is 0 Å². The van der Waals surface area contributed by atoms with Gasteiger partial charge in [0, 0.05) is 51.6 Å². The zero-order valence-corrected chi connectivity index (χ0v) is 17.3. The summed E-state index contributed by atoms with van der Waals surface area (Å²) >= 11 is 0. The first-order chi connectivity index (χ1) is 14.4. The number of benzene rings is 2. The molecular weight excluding hydrogens is 386 g/mol. The Bertz CT molecular complexity index is 846. The van der Waals surface area contributed by atoms with Crippen LogP contribution in [0.25, 0.3) is 0 Å².